The van der Waals surface area contributed by atoms with Crippen molar-refractivity contribution in [1.29, 1.82) is 0 Å². The van der Waals surface area contributed by atoms with Gasteiger partial charge >= 0.3 is 17.9 Å². The number of aromatic hydroxyl groups is 2. The van der Waals surface area contributed by atoms with Crippen LogP contribution in [0.2, 0.25) is 0 Å². The van der Waals surface area contributed by atoms with Gasteiger partial charge in [0.05, 0.1) is 84.0 Å². The van der Waals surface area contributed by atoms with Crippen LogP contribution in [0.25, 0.3) is 0 Å². The molecule has 818 valence electrons. The first-order valence-electron chi connectivity index (χ1n) is 49.5. The van der Waals surface area contributed by atoms with Gasteiger partial charge in [-0.05, 0) is 226 Å². The van der Waals surface area contributed by atoms with Gasteiger partial charge in [0.1, 0.15) is 57.8 Å². The molecule has 4 aliphatic carbocycles. The minimum absolute atomic E-state index is 0.0131. The molecule has 0 fully saturated rings. The summed E-state index contributed by atoms with van der Waals surface area (Å²) in [5.74, 6) is -6.82. The van der Waals surface area contributed by atoms with Crippen molar-refractivity contribution < 1.29 is 157 Å². The quantitative estimate of drug-likeness (QED) is 0.00591. The maximum atomic E-state index is 13.0. The van der Waals surface area contributed by atoms with E-state index in [-0.39, 0.29) is 118 Å². The largest absolute Gasteiger partial charge is 0.508 e. The molecule has 0 radical (unpaired) electrons. The molecule has 13 N–H and O–H groups in total. The molecule has 0 saturated carbocycles. The van der Waals surface area contributed by atoms with Crippen LogP contribution in [0, 0.1) is 54.3 Å². The van der Waals surface area contributed by atoms with E-state index in [1.54, 1.807) is 55.2 Å². The van der Waals surface area contributed by atoms with Crippen molar-refractivity contribution in [3.8, 4) is 11.5 Å². The van der Waals surface area contributed by atoms with Crippen LogP contribution in [0.3, 0.4) is 0 Å². The molecule has 18 unspecified atom stereocenters. The average Bonchev–Trinajstić information content (AvgIpc) is 0.876. The predicted octanol–water partition coefficient (Wildman–Crippen LogP) is 12.5. The van der Waals surface area contributed by atoms with E-state index in [4.69, 9.17) is 51.6 Å². The fourth-order valence-electron chi connectivity index (χ4n) is 16.9. The molecular formula is C113H150Cl2N2O32. The molecule has 34 nitrogen and oxygen atoms in total. The molecule has 0 spiro atoms. The van der Waals surface area contributed by atoms with Gasteiger partial charge in [-0.3, -0.25) is 62.3 Å². The summed E-state index contributed by atoms with van der Waals surface area (Å²) in [6, 6.07) is 1.35. The molecule has 5 heterocycles. The number of rotatable bonds is 33. The third kappa shape index (κ3) is 32.5. The van der Waals surface area contributed by atoms with Gasteiger partial charge in [-0.1, -0.05) is 166 Å². The molecule has 36 heteroatoms. The SMILES string of the molecule is C/C=C(/C(C)=O)N1C(=O)C=C(C)C1=O.CCC(C)C(O)C(C)(O)/C=C/C1=CC2=C(Cl)C(=O)C(C)(O)C(OC(C)=O)C2CO1.CCC(C)C(O)C(C)(O)/C=C/C1=CC2=CC(=O)C(C)(O)C(O)C2CO1.CCC(C)C(O)C(C)(O)/C=C/C1=CC2=CC(=O)C(C)(O)C(OC(C)=O)C2CO1.CC[C@H](C)/C=C(C)/C=C/C(=O)Cc1cc(O)c(C)c(O)c1C=O.CC[C@H](C)/C=C(C)/C=C/C1=CC2=C(Cl)C(=O)[C@](C)(OC(C)=O)C(=O)C2=CN1CCO. The Bertz CT molecular complexity index is 5810. The molecule has 5 aliphatic heterocycles. The van der Waals surface area contributed by atoms with Crippen molar-refractivity contribution in [2.75, 3.05) is 33.0 Å². The minimum atomic E-state index is -2.00. The Hall–Kier alpha value is -11.6. The third-order valence-electron chi connectivity index (χ3n) is 27.4. The third-order valence-corrected chi connectivity index (χ3v) is 28.2. The lowest BCUT2D eigenvalue weighted by Gasteiger charge is -2.42. The maximum absolute atomic E-state index is 13.0. The van der Waals surface area contributed by atoms with Crippen molar-refractivity contribution in [2.45, 2.75) is 294 Å². The van der Waals surface area contributed by atoms with Crippen molar-refractivity contribution in [2.24, 2.45) is 47.3 Å². The fraction of sp³-hybridized carbons (Fsp3) is 0.513. The Morgan fingerprint density at radius 1 is 0.564 bits per heavy atom. The summed E-state index contributed by atoms with van der Waals surface area (Å²) in [4.78, 5) is 157. The highest BCUT2D eigenvalue weighted by molar-refractivity contribution is 6.49. The number of ether oxygens (including phenoxy) is 6. The molecular weight excluding hydrogens is 1970 g/mol. The predicted molar refractivity (Wildman–Crippen MR) is 558 cm³/mol. The normalized spacial score (nSPS) is 26.3. The second-order valence-corrected chi connectivity index (χ2v) is 40.9. The van der Waals surface area contributed by atoms with E-state index < -0.39 is 152 Å². The number of nitrogens with zero attached hydrogens (tertiary/aromatic N) is 2. The van der Waals surface area contributed by atoms with Crippen LogP contribution >= 0.6 is 23.2 Å². The summed E-state index contributed by atoms with van der Waals surface area (Å²) >= 11 is 12.5. The molecule has 0 bridgehead atoms. The summed E-state index contributed by atoms with van der Waals surface area (Å²) in [7, 11) is 0. The molecule has 0 aromatic heterocycles. The Kier molecular flexibility index (Phi) is 46.7. The Morgan fingerprint density at radius 2 is 1.01 bits per heavy atom. The molecule has 1 aromatic rings. The molecule has 9 aliphatic rings. The van der Waals surface area contributed by atoms with Crippen LogP contribution in [0.15, 0.2) is 217 Å². The number of carbonyl (C=O) groups is 13. The van der Waals surface area contributed by atoms with Crippen LogP contribution in [-0.4, -0.2) is 261 Å². The van der Waals surface area contributed by atoms with Gasteiger partial charge in [0.25, 0.3) is 11.8 Å². The summed E-state index contributed by atoms with van der Waals surface area (Å²) in [6.45, 7) is 43.2. The molecule has 1 aromatic carbocycles. The number of aliphatic hydroxyl groups excluding tert-OH is 5. The second-order valence-electron chi connectivity index (χ2n) is 40.2. The summed E-state index contributed by atoms with van der Waals surface area (Å²) < 4.78 is 32.4. The molecule has 10 rings (SSSR count). The van der Waals surface area contributed by atoms with Crippen molar-refractivity contribution >= 4 is 99.7 Å². The lowest BCUT2D eigenvalue weighted by Crippen LogP contribution is -2.57. The topological polar surface area (TPSA) is 547 Å². The van der Waals surface area contributed by atoms with Crippen LogP contribution in [0.1, 0.15) is 227 Å². The Balaban J connectivity index is 0.000000318. The van der Waals surface area contributed by atoms with E-state index in [0.29, 0.717) is 75.4 Å². The average molecular weight is 2120 g/mol. The number of esters is 3. The Labute approximate surface area is 881 Å². The van der Waals surface area contributed by atoms with Crippen LogP contribution in [0.4, 0.5) is 0 Å². The van der Waals surface area contributed by atoms with Gasteiger partial charge in [0.15, 0.2) is 46.2 Å². The molecule has 21 atom stereocenters. The smallest absolute Gasteiger partial charge is 0.304 e. The van der Waals surface area contributed by atoms with Gasteiger partial charge in [-0.15, -0.1) is 0 Å². The number of ketones is 7. The van der Waals surface area contributed by atoms with Crippen molar-refractivity contribution in [1.82, 2.24) is 9.80 Å². The van der Waals surface area contributed by atoms with Gasteiger partial charge in [0.2, 0.25) is 23.0 Å². The lowest BCUT2D eigenvalue weighted by atomic mass is 9.74. The van der Waals surface area contributed by atoms with Gasteiger partial charge in [0, 0.05) is 86.8 Å². The Morgan fingerprint density at radius 3 is 1.43 bits per heavy atom. The number of halogens is 2. The van der Waals surface area contributed by atoms with E-state index in [9.17, 15) is 129 Å². The zero-order chi connectivity index (χ0) is 113. The van der Waals surface area contributed by atoms with Crippen molar-refractivity contribution in [3.05, 3.63) is 234 Å². The first-order chi connectivity index (χ1) is 69.0. The number of carbonyl (C=O) groups excluding carboxylic acids is 13. The number of hydrogen-bond acceptors (Lipinski definition) is 33. The number of benzene rings is 1. The van der Waals surface area contributed by atoms with E-state index >= 15 is 0 Å². The van der Waals surface area contributed by atoms with Crippen LogP contribution in [0.5, 0.6) is 11.5 Å². The number of amides is 2. The zero-order valence-corrected chi connectivity index (χ0v) is 91.4. The number of aliphatic hydroxyl groups is 11. The summed E-state index contributed by atoms with van der Waals surface area (Å²) in [5, 5.41) is 132. The number of Topliss-reactive ketones (excluding diaryl/α,β-unsaturated/α-hetero) is 4. The van der Waals surface area contributed by atoms with Crippen molar-refractivity contribution in [3.63, 3.8) is 0 Å². The number of fused-ring (bicyclic) bond motifs is 4. The molecule has 149 heavy (non-hydrogen) atoms. The van der Waals surface area contributed by atoms with E-state index in [1.807, 2.05) is 67.5 Å². The number of aldehydes is 1. The summed E-state index contributed by atoms with van der Waals surface area (Å²) in [5.41, 5.74) is -6.13. The standard InChI is InChI=1S/C23H28ClNO5.C21H29ClO7.C21H30O7.C19H28O6.C19H24O4.C10H11NO3/c1-6-14(2)11-15(3)7-8-17-12-18-19(13-25(17)9-10-26)21(28)23(5,30-16(4)27)22(29)20(18)24;1-6-11(2)17(24)20(4,26)8-7-13-9-14-15(10-28-13)19(29-12(3)23)21(5,27)18(25)16(14)22;1-6-12(2)18(24)20(4,25)8-7-15-9-14-10-17(23)21(5,26)19(28-13(3)22)16(14)11-27-15;1-5-11(2)16(21)18(3,23)7-6-13-8-12-9-15(20)19(4,24)17(22)14(12)10-25-13;1-5-12(2)8-13(3)6-7-16(21)9-15-10-18(22)14(4)19(23)17(15)11-20;1-4-8(7(3)12)11-9(13)5-6(2)10(11)14/h7-8,11-14,26H,6,9-10H2,1-5H3;7-9,11,15,17,19,24,26-27H,6,10H2,1-5H3;7-10,12,16,18-19,24-26H,6,11H2,1-5H3;6-9,11,14,16-17,21-24H,5,10H2,1-4H3;6-8,10-12,22-23H,5,9H2,1-4H3;4-5H,1-3H3/b8-7+,15-11+;2*8-7+;7-6+;7-6+,13-8+;8-4-/t14-,23+;;;;12-;/m0...0./s1. The van der Waals surface area contributed by atoms with Gasteiger partial charge < -0.3 is 99.7 Å². The zero-order valence-electron chi connectivity index (χ0n) is 89.9. The number of imide groups is 1. The first-order valence-corrected chi connectivity index (χ1v) is 50.3. The van der Waals surface area contributed by atoms with Crippen LogP contribution in [-0.2, 0) is 92.4 Å². The highest BCUT2D eigenvalue weighted by Crippen LogP contribution is 2.46. The maximum Gasteiger partial charge on any atom is 0.304 e. The highest BCUT2D eigenvalue weighted by Gasteiger charge is 2.56. The number of phenolic OH excluding ortho intramolecular Hbond substituents is 2. The van der Waals surface area contributed by atoms with Gasteiger partial charge in [-0.25, -0.2) is 4.90 Å². The second kappa shape index (κ2) is 54.4. The van der Waals surface area contributed by atoms with E-state index in [2.05, 4.69) is 39.8 Å². The first kappa shape index (κ1) is 128. The molecule has 2 amide bonds. The van der Waals surface area contributed by atoms with Crippen LogP contribution < -0.4 is 0 Å². The minimum Gasteiger partial charge on any atom is -0.508 e. The monoisotopic (exact) mass is 2120 g/mol. The number of allylic oxidation sites excluding steroid dienone is 18. The van der Waals surface area contributed by atoms with E-state index in [0.717, 1.165) is 48.7 Å². The number of hydrogen-bond donors (Lipinski definition) is 13. The number of β-amino-alcohol motifs (C(OH)–C–C–N with tert-alkyl or cyclic N) is 1. The lowest BCUT2D eigenvalue weighted by molar-refractivity contribution is -0.175. The molecule has 0 saturated heterocycles. The van der Waals surface area contributed by atoms with E-state index in [1.165, 1.54) is 149 Å². The highest BCUT2D eigenvalue weighted by atomic mass is 35.5. The van der Waals surface area contributed by atoms with Gasteiger partial charge in [-0.2, -0.15) is 0 Å². The fourth-order valence-corrected chi connectivity index (χ4v) is 17.7. The summed E-state index contributed by atoms with van der Waals surface area (Å²) in [6.07, 6.45) is 31.8. The number of phenols is 2.